The standard InChI is InChI=1S/C31H27ClFN7O3/c1-18(28-37-24-9-5-8-23(32)25(24)31(42)40(28)21-7-4-6-20(33)14-21)36-27-26-29(35-16-34-27)39(17-38(2)30(26)41)15-19-10-12-22(43-3)13-11-19/h4-14,16,18H,15,17H2,1-3H3,(H,34,35,36). The van der Waals surface area contributed by atoms with Crippen LogP contribution in [0.25, 0.3) is 16.6 Å². The van der Waals surface area contributed by atoms with E-state index in [0.717, 1.165) is 11.3 Å². The van der Waals surface area contributed by atoms with Gasteiger partial charge in [0.2, 0.25) is 0 Å². The molecule has 1 atom stereocenters. The maximum absolute atomic E-state index is 14.3. The Morgan fingerprint density at radius 2 is 1.84 bits per heavy atom. The number of fused-ring (bicyclic) bond motifs is 2. The molecule has 10 nitrogen and oxygen atoms in total. The van der Waals surface area contributed by atoms with Crippen molar-refractivity contribution in [3.63, 3.8) is 0 Å². The molecule has 0 aliphatic carbocycles. The largest absolute Gasteiger partial charge is 0.497 e. The first kappa shape index (κ1) is 28.1. The number of hydrogen-bond acceptors (Lipinski definition) is 8. The number of amides is 1. The van der Waals surface area contributed by atoms with E-state index in [1.165, 1.54) is 29.1 Å². The van der Waals surface area contributed by atoms with Gasteiger partial charge in [0.25, 0.3) is 11.5 Å². The first-order valence-corrected chi connectivity index (χ1v) is 13.8. The van der Waals surface area contributed by atoms with Gasteiger partial charge in [-0.15, -0.1) is 0 Å². The fourth-order valence-electron chi connectivity index (χ4n) is 5.21. The van der Waals surface area contributed by atoms with Crippen molar-refractivity contribution in [3.8, 4) is 11.4 Å². The van der Waals surface area contributed by atoms with Gasteiger partial charge in [-0.2, -0.15) is 0 Å². The number of nitrogens with zero attached hydrogens (tertiary/aromatic N) is 6. The zero-order chi connectivity index (χ0) is 30.2. The van der Waals surface area contributed by atoms with Crippen LogP contribution < -0.4 is 20.5 Å². The first-order valence-electron chi connectivity index (χ1n) is 13.5. The average Bonchev–Trinajstić information content (AvgIpc) is 3.00. The van der Waals surface area contributed by atoms with E-state index in [1.807, 2.05) is 29.2 Å². The molecule has 1 amide bonds. The number of nitrogens with one attached hydrogen (secondary N) is 1. The Bertz CT molecular complexity index is 1920. The summed E-state index contributed by atoms with van der Waals surface area (Å²) in [5.41, 5.74) is 1.53. The molecular formula is C31H27ClFN7O3. The Kier molecular flexibility index (Phi) is 7.41. The van der Waals surface area contributed by atoms with Gasteiger partial charge >= 0.3 is 0 Å². The number of carbonyl (C=O) groups is 1. The minimum atomic E-state index is -0.659. The van der Waals surface area contributed by atoms with Crippen LogP contribution in [0, 0.1) is 5.82 Å². The van der Waals surface area contributed by atoms with E-state index < -0.39 is 17.4 Å². The third kappa shape index (κ3) is 5.23. The van der Waals surface area contributed by atoms with Gasteiger partial charge < -0.3 is 19.9 Å². The van der Waals surface area contributed by atoms with E-state index in [2.05, 4.69) is 15.3 Å². The third-order valence-corrected chi connectivity index (χ3v) is 7.60. The molecule has 43 heavy (non-hydrogen) atoms. The predicted molar refractivity (Wildman–Crippen MR) is 163 cm³/mol. The van der Waals surface area contributed by atoms with E-state index in [1.54, 1.807) is 50.2 Å². The van der Waals surface area contributed by atoms with Gasteiger partial charge in [-0.3, -0.25) is 14.2 Å². The number of hydrogen-bond donors (Lipinski definition) is 1. The summed E-state index contributed by atoms with van der Waals surface area (Å²) in [6.07, 6.45) is 1.39. The highest BCUT2D eigenvalue weighted by atomic mass is 35.5. The monoisotopic (exact) mass is 599 g/mol. The maximum atomic E-state index is 14.3. The SMILES string of the molecule is COc1ccc(CN2CN(C)C(=O)c3c(NC(C)c4nc5cccc(Cl)c5c(=O)n4-c4cccc(F)c4)ncnc32)cc1. The first-order chi connectivity index (χ1) is 20.7. The molecule has 0 bridgehead atoms. The van der Waals surface area contributed by atoms with Crippen molar-refractivity contribution in [2.75, 3.05) is 31.0 Å². The summed E-state index contributed by atoms with van der Waals surface area (Å²) in [5, 5.41) is 3.73. The highest BCUT2D eigenvalue weighted by Crippen LogP contribution is 2.32. The Morgan fingerprint density at radius 1 is 1.07 bits per heavy atom. The summed E-state index contributed by atoms with van der Waals surface area (Å²) in [4.78, 5) is 44.5. The summed E-state index contributed by atoms with van der Waals surface area (Å²) in [6.45, 7) is 2.61. The lowest BCUT2D eigenvalue weighted by Gasteiger charge is -2.36. The molecule has 0 saturated heterocycles. The molecule has 6 rings (SSSR count). The Balaban J connectivity index is 1.42. The van der Waals surface area contributed by atoms with Crippen LogP contribution in [-0.4, -0.2) is 51.2 Å². The fraction of sp³-hybridized carbons (Fsp3) is 0.194. The van der Waals surface area contributed by atoms with Gasteiger partial charge in [0.15, 0.2) is 0 Å². The van der Waals surface area contributed by atoms with Gasteiger partial charge in [0.1, 0.15) is 40.9 Å². The third-order valence-electron chi connectivity index (χ3n) is 7.28. The van der Waals surface area contributed by atoms with Gasteiger partial charge in [-0.1, -0.05) is 35.9 Å². The quantitative estimate of drug-likeness (QED) is 0.272. The van der Waals surface area contributed by atoms with E-state index >= 15 is 0 Å². The van der Waals surface area contributed by atoms with Crippen molar-refractivity contribution < 1.29 is 13.9 Å². The number of ether oxygens (including phenoxy) is 1. The highest BCUT2D eigenvalue weighted by Gasteiger charge is 2.33. The second-order valence-electron chi connectivity index (χ2n) is 10.2. The van der Waals surface area contributed by atoms with Crippen LogP contribution in [0.15, 0.2) is 77.9 Å². The lowest BCUT2D eigenvalue weighted by molar-refractivity contribution is 0.0781. The number of methoxy groups -OCH3 is 1. The molecule has 0 fully saturated rings. The molecule has 1 N–H and O–H groups in total. The van der Waals surface area contributed by atoms with E-state index in [9.17, 15) is 14.0 Å². The number of aromatic nitrogens is 4. The smallest absolute Gasteiger partial charge is 0.267 e. The average molecular weight is 600 g/mol. The summed E-state index contributed by atoms with van der Waals surface area (Å²) in [6, 6.07) is 17.7. The Labute approximate surface area is 251 Å². The molecule has 0 saturated carbocycles. The van der Waals surface area contributed by atoms with Gasteiger partial charge in [0, 0.05) is 13.6 Å². The lowest BCUT2D eigenvalue weighted by Crippen LogP contribution is -2.45. The second-order valence-corrected chi connectivity index (χ2v) is 10.6. The van der Waals surface area contributed by atoms with Crippen molar-refractivity contribution in [3.05, 3.63) is 111 Å². The lowest BCUT2D eigenvalue weighted by atomic mass is 10.1. The van der Waals surface area contributed by atoms with Crippen LogP contribution in [0.5, 0.6) is 5.75 Å². The molecule has 0 spiro atoms. The van der Waals surface area contributed by atoms with Gasteiger partial charge in [-0.25, -0.2) is 19.3 Å². The number of anilines is 2. The maximum Gasteiger partial charge on any atom is 0.267 e. The zero-order valence-electron chi connectivity index (χ0n) is 23.6. The molecular weight excluding hydrogens is 573 g/mol. The van der Waals surface area contributed by atoms with Crippen LogP contribution in [0.3, 0.4) is 0 Å². The molecule has 5 aromatic rings. The summed E-state index contributed by atoms with van der Waals surface area (Å²) in [5.74, 6) is 1.02. The van der Waals surface area contributed by atoms with Crippen LogP contribution in [-0.2, 0) is 6.54 Å². The summed E-state index contributed by atoms with van der Waals surface area (Å²) in [7, 11) is 3.33. The summed E-state index contributed by atoms with van der Waals surface area (Å²) < 4.78 is 20.9. The molecule has 1 aliphatic heterocycles. The minimum Gasteiger partial charge on any atom is -0.497 e. The molecule has 2 aromatic heterocycles. The Hall–Kier alpha value is -5.03. The second kappa shape index (κ2) is 11.3. The normalized spacial score (nSPS) is 13.7. The molecule has 218 valence electrons. The van der Waals surface area contributed by atoms with Crippen molar-refractivity contribution in [2.24, 2.45) is 0 Å². The number of rotatable bonds is 7. The van der Waals surface area contributed by atoms with Crippen LogP contribution in [0.2, 0.25) is 5.02 Å². The van der Waals surface area contributed by atoms with E-state index in [4.69, 9.17) is 21.3 Å². The molecule has 3 heterocycles. The summed E-state index contributed by atoms with van der Waals surface area (Å²) >= 11 is 6.40. The van der Waals surface area contributed by atoms with E-state index in [0.29, 0.717) is 30.1 Å². The van der Waals surface area contributed by atoms with Crippen molar-refractivity contribution in [2.45, 2.75) is 19.5 Å². The topological polar surface area (TPSA) is 105 Å². The highest BCUT2D eigenvalue weighted by molar-refractivity contribution is 6.35. The van der Waals surface area contributed by atoms with Crippen LogP contribution in [0.1, 0.15) is 34.7 Å². The van der Waals surface area contributed by atoms with Gasteiger partial charge in [0.05, 0.1) is 41.4 Å². The zero-order valence-corrected chi connectivity index (χ0v) is 24.3. The fourth-order valence-corrected chi connectivity index (χ4v) is 5.46. The number of benzene rings is 3. The van der Waals surface area contributed by atoms with Crippen molar-refractivity contribution in [1.29, 1.82) is 0 Å². The van der Waals surface area contributed by atoms with Crippen LogP contribution >= 0.6 is 11.6 Å². The molecule has 3 aromatic carbocycles. The number of halogens is 2. The molecule has 1 aliphatic rings. The van der Waals surface area contributed by atoms with Crippen molar-refractivity contribution in [1.82, 2.24) is 24.4 Å². The molecule has 0 radical (unpaired) electrons. The van der Waals surface area contributed by atoms with E-state index in [-0.39, 0.29) is 33.6 Å². The van der Waals surface area contributed by atoms with Gasteiger partial charge in [-0.05, 0) is 55.0 Å². The minimum absolute atomic E-state index is 0.217. The predicted octanol–water partition coefficient (Wildman–Crippen LogP) is 5.20. The number of carbonyl (C=O) groups excluding carboxylic acids is 1. The van der Waals surface area contributed by atoms with Crippen LogP contribution in [0.4, 0.5) is 16.0 Å². The Morgan fingerprint density at radius 3 is 2.58 bits per heavy atom. The molecule has 1 unspecified atom stereocenters. The molecule has 12 heteroatoms. The van der Waals surface area contributed by atoms with Crippen molar-refractivity contribution >= 4 is 40.0 Å².